The van der Waals surface area contributed by atoms with E-state index in [0.717, 1.165) is 29.6 Å². The van der Waals surface area contributed by atoms with Gasteiger partial charge in [0.2, 0.25) is 5.89 Å². The highest BCUT2D eigenvalue weighted by Gasteiger charge is 2.20. The molecule has 6 heteroatoms. The molecule has 0 aliphatic heterocycles. The summed E-state index contributed by atoms with van der Waals surface area (Å²) in [6.07, 6.45) is 3.39. The molecule has 0 unspecified atom stereocenters. The van der Waals surface area contributed by atoms with Crippen LogP contribution in [0.4, 0.5) is 0 Å². The van der Waals surface area contributed by atoms with Gasteiger partial charge in [-0.1, -0.05) is 0 Å². The van der Waals surface area contributed by atoms with E-state index in [1.165, 1.54) is 24.2 Å². The average molecular weight is 250 g/mol. The van der Waals surface area contributed by atoms with E-state index in [9.17, 15) is 0 Å². The molecular weight excluding hydrogens is 236 g/mol. The zero-order chi connectivity index (χ0) is 11.7. The van der Waals surface area contributed by atoms with Gasteiger partial charge in [0.15, 0.2) is 0 Å². The molecule has 2 aromatic heterocycles. The van der Waals surface area contributed by atoms with Crippen LogP contribution in [0.3, 0.4) is 0 Å². The number of aromatic nitrogens is 3. The van der Waals surface area contributed by atoms with Crippen molar-refractivity contribution in [2.75, 3.05) is 6.54 Å². The second kappa shape index (κ2) is 4.54. The van der Waals surface area contributed by atoms with Gasteiger partial charge in [-0.05, 0) is 19.8 Å². The van der Waals surface area contributed by atoms with E-state index >= 15 is 0 Å². The second-order valence-corrected chi connectivity index (χ2v) is 5.10. The molecule has 0 aromatic carbocycles. The first-order valence-corrected chi connectivity index (χ1v) is 6.67. The first kappa shape index (κ1) is 10.9. The Labute approximate surface area is 103 Å². The van der Waals surface area contributed by atoms with Crippen molar-refractivity contribution in [3.8, 4) is 10.8 Å². The molecule has 0 saturated heterocycles. The standard InChI is InChI=1S/C11H14N4OS/c1-7-10(17-6-13-7)11-15-14-9(16-11)4-5-12-8-2-3-8/h6,8,12H,2-5H2,1H3. The number of nitrogens with zero attached hydrogens (tertiary/aromatic N) is 3. The minimum absolute atomic E-state index is 0.589. The van der Waals surface area contributed by atoms with Crippen molar-refractivity contribution < 1.29 is 4.42 Å². The van der Waals surface area contributed by atoms with Crippen LogP contribution >= 0.6 is 11.3 Å². The Hall–Kier alpha value is -1.27. The van der Waals surface area contributed by atoms with Crippen LogP contribution in [0.15, 0.2) is 9.93 Å². The number of hydrogen-bond acceptors (Lipinski definition) is 6. The normalized spacial score (nSPS) is 15.4. The topological polar surface area (TPSA) is 63.8 Å². The summed E-state index contributed by atoms with van der Waals surface area (Å²) in [7, 11) is 0. The molecule has 1 aliphatic carbocycles. The zero-order valence-electron chi connectivity index (χ0n) is 9.64. The summed E-state index contributed by atoms with van der Waals surface area (Å²) in [5.74, 6) is 1.28. The van der Waals surface area contributed by atoms with E-state index in [0.29, 0.717) is 11.8 Å². The van der Waals surface area contributed by atoms with Crippen LogP contribution in [-0.2, 0) is 6.42 Å². The predicted molar refractivity (Wildman–Crippen MR) is 64.9 cm³/mol. The van der Waals surface area contributed by atoms with Crippen molar-refractivity contribution in [3.05, 3.63) is 17.1 Å². The fourth-order valence-electron chi connectivity index (χ4n) is 1.62. The van der Waals surface area contributed by atoms with Gasteiger partial charge in [-0.25, -0.2) is 4.98 Å². The van der Waals surface area contributed by atoms with Gasteiger partial charge < -0.3 is 9.73 Å². The minimum Gasteiger partial charge on any atom is -0.420 e. The minimum atomic E-state index is 0.589. The average Bonchev–Trinajstić information content (AvgIpc) is 2.85. The quantitative estimate of drug-likeness (QED) is 0.876. The van der Waals surface area contributed by atoms with Crippen LogP contribution in [-0.4, -0.2) is 27.8 Å². The maximum atomic E-state index is 5.62. The molecule has 90 valence electrons. The van der Waals surface area contributed by atoms with Gasteiger partial charge in [0.05, 0.1) is 11.2 Å². The third-order valence-electron chi connectivity index (χ3n) is 2.76. The lowest BCUT2D eigenvalue weighted by molar-refractivity contribution is 0.494. The highest BCUT2D eigenvalue weighted by Crippen LogP contribution is 2.25. The number of aryl methyl sites for hydroxylation is 1. The summed E-state index contributed by atoms with van der Waals surface area (Å²) >= 11 is 1.53. The summed E-state index contributed by atoms with van der Waals surface area (Å²) in [6.45, 7) is 2.86. The molecule has 5 nitrogen and oxygen atoms in total. The maximum absolute atomic E-state index is 5.62. The first-order valence-electron chi connectivity index (χ1n) is 5.79. The van der Waals surface area contributed by atoms with Crippen LogP contribution in [0, 0.1) is 6.92 Å². The largest absolute Gasteiger partial charge is 0.420 e. The molecule has 17 heavy (non-hydrogen) atoms. The smallest absolute Gasteiger partial charge is 0.259 e. The summed E-state index contributed by atoms with van der Waals surface area (Å²) in [5.41, 5.74) is 2.74. The summed E-state index contributed by atoms with van der Waals surface area (Å²) in [4.78, 5) is 5.15. The molecule has 2 aromatic rings. The number of nitrogens with one attached hydrogen (secondary N) is 1. The van der Waals surface area contributed by atoms with E-state index < -0.39 is 0 Å². The van der Waals surface area contributed by atoms with E-state index in [-0.39, 0.29) is 0 Å². The second-order valence-electron chi connectivity index (χ2n) is 4.25. The van der Waals surface area contributed by atoms with E-state index in [1.807, 2.05) is 6.92 Å². The lowest BCUT2D eigenvalue weighted by Crippen LogP contribution is -2.19. The summed E-state index contributed by atoms with van der Waals surface area (Å²) < 4.78 is 5.62. The zero-order valence-corrected chi connectivity index (χ0v) is 10.5. The van der Waals surface area contributed by atoms with Crippen LogP contribution in [0.2, 0.25) is 0 Å². The molecule has 1 aliphatic rings. The molecule has 0 amide bonds. The Morgan fingerprint density at radius 2 is 2.35 bits per heavy atom. The Bertz CT molecular complexity index is 503. The third-order valence-corrected chi connectivity index (χ3v) is 3.67. The molecule has 1 fully saturated rings. The van der Waals surface area contributed by atoms with Gasteiger partial charge in [0.1, 0.15) is 4.88 Å². The summed E-state index contributed by atoms with van der Waals surface area (Å²) in [5, 5.41) is 11.5. The molecule has 0 bridgehead atoms. The van der Waals surface area contributed by atoms with Gasteiger partial charge >= 0.3 is 0 Å². The van der Waals surface area contributed by atoms with Crippen LogP contribution in [0.5, 0.6) is 0 Å². The third kappa shape index (κ3) is 2.53. The lowest BCUT2D eigenvalue weighted by Gasteiger charge is -1.97. The van der Waals surface area contributed by atoms with E-state index in [4.69, 9.17) is 4.42 Å². The van der Waals surface area contributed by atoms with Crippen LogP contribution in [0.25, 0.3) is 10.8 Å². The molecule has 1 N–H and O–H groups in total. The highest BCUT2D eigenvalue weighted by atomic mass is 32.1. The van der Waals surface area contributed by atoms with Gasteiger partial charge in [-0.3, -0.25) is 0 Å². The molecule has 0 atom stereocenters. The molecule has 1 saturated carbocycles. The van der Waals surface area contributed by atoms with E-state index in [2.05, 4.69) is 20.5 Å². The van der Waals surface area contributed by atoms with Crippen molar-refractivity contribution in [1.82, 2.24) is 20.5 Å². The lowest BCUT2D eigenvalue weighted by atomic mass is 10.4. The Morgan fingerprint density at radius 1 is 1.47 bits per heavy atom. The first-order chi connectivity index (χ1) is 8.33. The van der Waals surface area contributed by atoms with Crippen LogP contribution in [0.1, 0.15) is 24.4 Å². The SMILES string of the molecule is Cc1ncsc1-c1nnc(CCNC2CC2)o1. The van der Waals surface area contributed by atoms with Crippen molar-refractivity contribution in [2.45, 2.75) is 32.2 Å². The number of hydrogen-bond donors (Lipinski definition) is 1. The molecular formula is C11H14N4OS. The molecule has 0 spiro atoms. The number of rotatable bonds is 5. The van der Waals surface area contributed by atoms with Crippen molar-refractivity contribution >= 4 is 11.3 Å². The van der Waals surface area contributed by atoms with Gasteiger partial charge in [0, 0.05) is 19.0 Å². The van der Waals surface area contributed by atoms with Crippen molar-refractivity contribution in [2.24, 2.45) is 0 Å². The van der Waals surface area contributed by atoms with Crippen molar-refractivity contribution in [1.29, 1.82) is 0 Å². The Morgan fingerprint density at radius 3 is 3.06 bits per heavy atom. The van der Waals surface area contributed by atoms with Crippen LogP contribution < -0.4 is 5.32 Å². The predicted octanol–water partition coefficient (Wildman–Crippen LogP) is 1.80. The van der Waals surface area contributed by atoms with E-state index in [1.54, 1.807) is 5.51 Å². The monoisotopic (exact) mass is 250 g/mol. The Balaban J connectivity index is 1.63. The van der Waals surface area contributed by atoms with Gasteiger partial charge in [-0.15, -0.1) is 21.5 Å². The fraction of sp³-hybridized carbons (Fsp3) is 0.545. The molecule has 2 heterocycles. The molecule has 0 radical (unpaired) electrons. The highest BCUT2D eigenvalue weighted by molar-refractivity contribution is 7.13. The van der Waals surface area contributed by atoms with Gasteiger partial charge in [-0.2, -0.15) is 0 Å². The number of thiazole rings is 1. The molecule has 3 rings (SSSR count). The Kier molecular flexibility index (Phi) is 2.90. The summed E-state index contributed by atoms with van der Waals surface area (Å²) in [6, 6.07) is 0.723. The van der Waals surface area contributed by atoms with Gasteiger partial charge in [0.25, 0.3) is 5.89 Å². The maximum Gasteiger partial charge on any atom is 0.259 e. The van der Waals surface area contributed by atoms with Crippen molar-refractivity contribution in [3.63, 3.8) is 0 Å². The fourth-order valence-corrected chi connectivity index (χ4v) is 2.35.